The van der Waals surface area contributed by atoms with Crippen LogP contribution in [0.25, 0.3) is 0 Å². The Morgan fingerprint density at radius 2 is 1.89 bits per heavy atom. The number of carbonyl (C=O) groups is 2. The molecule has 1 saturated heterocycles. The molecule has 0 spiro atoms. The van der Waals surface area contributed by atoms with E-state index in [1.165, 1.54) is 11.3 Å². The maximum Gasteiger partial charge on any atom is 0.257 e. The van der Waals surface area contributed by atoms with Crippen LogP contribution in [0, 0.1) is 13.8 Å². The Morgan fingerprint density at radius 3 is 2.64 bits per heavy atom. The molecule has 2 heterocycles. The minimum atomic E-state index is -0.209. The van der Waals surface area contributed by atoms with Crippen molar-refractivity contribution in [2.45, 2.75) is 26.2 Å². The second-order valence-corrected chi connectivity index (χ2v) is 7.95. The molecule has 142 valence electrons. The van der Waals surface area contributed by atoms with Crippen LogP contribution in [-0.2, 0) is 4.79 Å². The molecule has 4 rings (SSSR count). The van der Waals surface area contributed by atoms with Gasteiger partial charge in [-0.15, -0.1) is 10.2 Å². The first kappa shape index (κ1) is 18.3. The highest BCUT2D eigenvalue weighted by Crippen LogP contribution is 2.34. The Labute approximate surface area is 167 Å². The minimum Gasteiger partial charge on any atom is -0.312 e. The number of hydrogen-bond acceptors (Lipinski definition) is 5. The van der Waals surface area contributed by atoms with Gasteiger partial charge in [0.25, 0.3) is 5.91 Å². The molecule has 0 saturated carbocycles. The van der Waals surface area contributed by atoms with E-state index in [9.17, 15) is 9.59 Å². The summed E-state index contributed by atoms with van der Waals surface area (Å²) in [7, 11) is 0. The number of carbonyl (C=O) groups excluding carboxylic acids is 2. The Balaban J connectivity index is 1.45. The Morgan fingerprint density at radius 1 is 1.11 bits per heavy atom. The first-order valence-electron chi connectivity index (χ1n) is 9.08. The van der Waals surface area contributed by atoms with Gasteiger partial charge < -0.3 is 4.90 Å². The van der Waals surface area contributed by atoms with E-state index < -0.39 is 0 Å². The predicted molar refractivity (Wildman–Crippen MR) is 110 cm³/mol. The molecule has 3 aromatic rings. The number of aromatic nitrogens is 2. The molecule has 6 nitrogen and oxygen atoms in total. The molecule has 1 fully saturated rings. The van der Waals surface area contributed by atoms with Gasteiger partial charge in [0.1, 0.15) is 5.01 Å². The highest BCUT2D eigenvalue weighted by molar-refractivity contribution is 7.15. The van der Waals surface area contributed by atoms with E-state index in [2.05, 4.69) is 15.5 Å². The number of nitrogens with zero attached hydrogens (tertiary/aromatic N) is 3. The summed E-state index contributed by atoms with van der Waals surface area (Å²) in [4.78, 5) is 26.6. The lowest BCUT2D eigenvalue weighted by molar-refractivity contribution is -0.117. The highest BCUT2D eigenvalue weighted by atomic mass is 32.1. The molecule has 1 aliphatic heterocycles. The Kier molecular flexibility index (Phi) is 4.92. The lowest BCUT2D eigenvalue weighted by Crippen LogP contribution is -2.24. The zero-order chi connectivity index (χ0) is 19.7. The van der Waals surface area contributed by atoms with Crippen LogP contribution in [0.15, 0.2) is 48.5 Å². The maximum atomic E-state index is 12.5. The van der Waals surface area contributed by atoms with Crippen molar-refractivity contribution in [3.8, 4) is 0 Å². The van der Waals surface area contributed by atoms with Crippen LogP contribution in [0.4, 0.5) is 10.8 Å². The summed E-state index contributed by atoms with van der Waals surface area (Å²) in [6, 6.07) is 15.2. The number of anilines is 2. The van der Waals surface area contributed by atoms with Gasteiger partial charge in [0.2, 0.25) is 11.0 Å². The molecule has 2 aromatic carbocycles. The Hall–Kier alpha value is -3.06. The van der Waals surface area contributed by atoms with Crippen LogP contribution in [-0.4, -0.2) is 28.6 Å². The van der Waals surface area contributed by atoms with Crippen molar-refractivity contribution in [3.05, 3.63) is 70.2 Å². The number of nitrogens with one attached hydrogen (secondary N) is 1. The molecule has 1 atom stereocenters. The molecule has 1 N–H and O–H groups in total. The van der Waals surface area contributed by atoms with Crippen molar-refractivity contribution in [1.82, 2.24) is 10.2 Å². The molecule has 1 aromatic heterocycles. The van der Waals surface area contributed by atoms with E-state index in [1.807, 2.05) is 56.3 Å². The predicted octanol–water partition coefficient (Wildman–Crippen LogP) is 3.93. The van der Waals surface area contributed by atoms with Crippen LogP contribution in [0.1, 0.15) is 38.8 Å². The molecule has 0 unspecified atom stereocenters. The monoisotopic (exact) mass is 392 g/mol. The fraction of sp³-hybridized carbons (Fsp3) is 0.238. The zero-order valence-corrected chi connectivity index (χ0v) is 16.5. The van der Waals surface area contributed by atoms with Crippen LogP contribution < -0.4 is 10.2 Å². The molecule has 1 aliphatic rings. The summed E-state index contributed by atoms with van der Waals surface area (Å²) in [6.07, 6.45) is 0.397. The van der Waals surface area contributed by atoms with Crippen molar-refractivity contribution in [1.29, 1.82) is 0 Å². The summed E-state index contributed by atoms with van der Waals surface area (Å²) < 4.78 is 0. The first-order valence-corrected chi connectivity index (χ1v) is 9.90. The SMILES string of the molecule is Cc1ccc(C(=O)Nc2nnc([C@H]3CC(=O)N(c4ccccc4)C3)s2)cc1C. The minimum absolute atomic E-state index is 0.0162. The van der Waals surface area contributed by atoms with E-state index in [0.717, 1.165) is 21.8 Å². The van der Waals surface area contributed by atoms with E-state index in [0.29, 0.717) is 23.7 Å². The smallest absolute Gasteiger partial charge is 0.257 e. The van der Waals surface area contributed by atoms with Crippen LogP contribution in [0.2, 0.25) is 0 Å². The standard InChI is InChI=1S/C21H20N4O2S/c1-13-8-9-15(10-14(13)2)19(27)22-21-24-23-20(28-21)16-11-18(26)25(12-16)17-6-4-3-5-7-17/h3-10,16H,11-12H2,1-2H3,(H,22,24,27)/t16-/m0/s1. The van der Waals surface area contributed by atoms with E-state index >= 15 is 0 Å². The van der Waals surface area contributed by atoms with E-state index in [1.54, 1.807) is 11.0 Å². The molecule has 7 heteroatoms. The quantitative estimate of drug-likeness (QED) is 0.730. The number of benzene rings is 2. The van der Waals surface area contributed by atoms with Crippen molar-refractivity contribution in [2.75, 3.05) is 16.8 Å². The summed E-state index contributed by atoms with van der Waals surface area (Å²) in [5.41, 5.74) is 3.69. The average Bonchev–Trinajstić information content (AvgIpc) is 3.31. The number of amides is 2. The van der Waals surface area contributed by atoms with Gasteiger partial charge in [-0.2, -0.15) is 0 Å². The third-order valence-electron chi connectivity index (χ3n) is 4.97. The summed E-state index contributed by atoms with van der Waals surface area (Å²) >= 11 is 1.33. The molecule has 0 radical (unpaired) electrons. The van der Waals surface area contributed by atoms with Gasteiger partial charge >= 0.3 is 0 Å². The first-order chi connectivity index (χ1) is 13.5. The van der Waals surface area contributed by atoms with Crippen molar-refractivity contribution < 1.29 is 9.59 Å². The van der Waals surface area contributed by atoms with Gasteiger partial charge in [-0.3, -0.25) is 14.9 Å². The van der Waals surface area contributed by atoms with Crippen LogP contribution in [0.5, 0.6) is 0 Å². The summed E-state index contributed by atoms with van der Waals surface area (Å²) in [5, 5.41) is 12.3. The van der Waals surface area contributed by atoms with Gasteiger partial charge in [0.15, 0.2) is 0 Å². The number of para-hydroxylation sites is 1. The Bertz CT molecular complexity index is 1030. The van der Waals surface area contributed by atoms with Crippen molar-refractivity contribution >= 4 is 34.0 Å². The molecular formula is C21H20N4O2S. The number of rotatable bonds is 4. The van der Waals surface area contributed by atoms with E-state index in [4.69, 9.17) is 0 Å². The van der Waals surface area contributed by atoms with Gasteiger partial charge in [-0.25, -0.2) is 0 Å². The summed E-state index contributed by atoms with van der Waals surface area (Å²) in [6.45, 7) is 4.56. The third-order valence-corrected chi connectivity index (χ3v) is 5.97. The second-order valence-electron chi connectivity index (χ2n) is 6.94. The average molecular weight is 392 g/mol. The topological polar surface area (TPSA) is 75.2 Å². The molecular weight excluding hydrogens is 372 g/mol. The molecule has 2 amide bonds. The lowest BCUT2D eigenvalue weighted by Gasteiger charge is -2.15. The van der Waals surface area contributed by atoms with Gasteiger partial charge in [-0.05, 0) is 49.2 Å². The molecule has 0 bridgehead atoms. The number of aryl methyl sites for hydroxylation is 2. The van der Waals surface area contributed by atoms with Crippen molar-refractivity contribution in [3.63, 3.8) is 0 Å². The largest absolute Gasteiger partial charge is 0.312 e. The normalized spacial score (nSPS) is 16.4. The summed E-state index contributed by atoms with van der Waals surface area (Å²) in [5.74, 6) is -0.149. The van der Waals surface area contributed by atoms with Gasteiger partial charge in [0, 0.05) is 30.1 Å². The lowest BCUT2D eigenvalue weighted by atomic mass is 10.1. The van der Waals surface area contributed by atoms with Crippen molar-refractivity contribution in [2.24, 2.45) is 0 Å². The molecule has 0 aliphatic carbocycles. The van der Waals surface area contributed by atoms with Crippen LogP contribution in [0.3, 0.4) is 0 Å². The zero-order valence-electron chi connectivity index (χ0n) is 15.7. The molecule has 28 heavy (non-hydrogen) atoms. The van der Waals surface area contributed by atoms with E-state index in [-0.39, 0.29) is 17.7 Å². The van der Waals surface area contributed by atoms with Gasteiger partial charge in [-0.1, -0.05) is 35.6 Å². The fourth-order valence-corrected chi connectivity index (χ4v) is 4.06. The fourth-order valence-electron chi connectivity index (χ4n) is 3.23. The highest BCUT2D eigenvalue weighted by Gasteiger charge is 2.33. The second kappa shape index (κ2) is 7.52. The number of hydrogen-bond donors (Lipinski definition) is 1. The van der Waals surface area contributed by atoms with Gasteiger partial charge in [0.05, 0.1) is 0 Å². The van der Waals surface area contributed by atoms with Crippen LogP contribution >= 0.6 is 11.3 Å². The third kappa shape index (κ3) is 3.66. The maximum absolute atomic E-state index is 12.5.